The number of anilines is 1. The Hall–Kier alpha value is -2.89. The monoisotopic (exact) mass is 350 g/mol. The third-order valence-corrected chi connectivity index (χ3v) is 5.07. The quantitative estimate of drug-likeness (QED) is 0.919. The molecule has 1 aromatic carbocycles. The van der Waals surface area contributed by atoms with Crippen molar-refractivity contribution in [3.05, 3.63) is 59.9 Å². The van der Waals surface area contributed by atoms with Crippen molar-refractivity contribution in [3.8, 4) is 0 Å². The third kappa shape index (κ3) is 3.40. The highest BCUT2D eigenvalue weighted by Crippen LogP contribution is 2.26. The molecule has 0 spiro atoms. The normalized spacial score (nSPS) is 18.9. The number of fused-ring (bicyclic) bond motifs is 1. The lowest BCUT2D eigenvalue weighted by Crippen LogP contribution is -2.41. The highest BCUT2D eigenvalue weighted by molar-refractivity contribution is 5.94. The number of benzene rings is 1. The molecule has 6 heteroatoms. The number of likely N-dealkylation sites (tertiary alicyclic amines) is 1. The molecule has 0 bridgehead atoms. The van der Waals surface area contributed by atoms with Crippen LogP contribution in [0.5, 0.6) is 0 Å². The molecule has 0 radical (unpaired) electrons. The van der Waals surface area contributed by atoms with E-state index in [1.807, 2.05) is 47.5 Å². The van der Waals surface area contributed by atoms with Gasteiger partial charge in [0.2, 0.25) is 5.91 Å². The summed E-state index contributed by atoms with van der Waals surface area (Å²) in [6.45, 7) is 2.52. The maximum atomic E-state index is 12.5. The Morgan fingerprint density at radius 2 is 2.08 bits per heavy atom. The molecule has 4 rings (SSSR count). The first-order valence-electron chi connectivity index (χ1n) is 9.00. The molecule has 2 aliphatic rings. The van der Waals surface area contributed by atoms with Crippen molar-refractivity contribution < 1.29 is 9.59 Å². The molecule has 0 saturated carbocycles. The number of carbonyl (C=O) groups is 2. The predicted molar refractivity (Wildman–Crippen MR) is 98.7 cm³/mol. The van der Waals surface area contributed by atoms with Gasteiger partial charge in [0.05, 0.1) is 5.69 Å². The molecular formula is C20H22N4O2. The molecule has 134 valence electrons. The van der Waals surface area contributed by atoms with E-state index in [4.69, 9.17) is 0 Å². The maximum absolute atomic E-state index is 12.5. The van der Waals surface area contributed by atoms with Gasteiger partial charge in [0, 0.05) is 50.9 Å². The van der Waals surface area contributed by atoms with Crippen LogP contribution in [0.1, 0.15) is 17.5 Å². The van der Waals surface area contributed by atoms with Crippen LogP contribution in [0.3, 0.4) is 0 Å². The van der Waals surface area contributed by atoms with Gasteiger partial charge in [-0.15, -0.1) is 0 Å². The number of amides is 3. The van der Waals surface area contributed by atoms with Crippen molar-refractivity contribution in [1.82, 2.24) is 15.2 Å². The van der Waals surface area contributed by atoms with Gasteiger partial charge in [0.15, 0.2) is 0 Å². The lowest BCUT2D eigenvalue weighted by molar-refractivity contribution is -0.128. The zero-order chi connectivity index (χ0) is 17.9. The second-order valence-electron chi connectivity index (χ2n) is 6.92. The topological polar surface area (TPSA) is 65.5 Å². The van der Waals surface area contributed by atoms with E-state index in [0.29, 0.717) is 32.6 Å². The van der Waals surface area contributed by atoms with Crippen molar-refractivity contribution in [2.45, 2.75) is 19.4 Å². The lowest BCUT2D eigenvalue weighted by Gasteiger charge is -2.20. The summed E-state index contributed by atoms with van der Waals surface area (Å²) in [4.78, 5) is 32.5. The summed E-state index contributed by atoms with van der Waals surface area (Å²) in [7, 11) is 0. The van der Waals surface area contributed by atoms with Crippen LogP contribution in [0.4, 0.5) is 10.5 Å². The number of rotatable bonds is 4. The van der Waals surface area contributed by atoms with E-state index in [0.717, 1.165) is 23.2 Å². The summed E-state index contributed by atoms with van der Waals surface area (Å²) < 4.78 is 0. The Balaban J connectivity index is 1.30. The van der Waals surface area contributed by atoms with Gasteiger partial charge in [0.1, 0.15) is 0 Å². The van der Waals surface area contributed by atoms with E-state index in [1.54, 1.807) is 11.1 Å². The summed E-state index contributed by atoms with van der Waals surface area (Å²) in [6, 6.07) is 11.8. The fourth-order valence-corrected chi connectivity index (χ4v) is 3.71. The zero-order valence-electron chi connectivity index (χ0n) is 14.6. The molecule has 1 atom stereocenters. The number of pyridine rings is 1. The summed E-state index contributed by atoms with van der Waals surface area (Å²) in [5.41, 5.74) is 3.17. The maximum Gasteiger partial charge on any atom is 0.321 e. The molecule has 26 heavy (non-hydrogen) atoms. The number of hydrogen-bond acceptors (Lipinski definition) is 3. The van der Waals surface area contributed by atoms with Crippen LogP contribution < -0.4 is 10.2 Å². The van der Waals surface area contributed by atoms with Crippen LogP contribution in [0.15, 0.2) is 48.8 Å². The summed E-state index contributed by atoms with van der Waals surface area (Å²) >= 11 is 0. The fraction of sp³-hybridized carbons (Fsp3) is 0.350. The van der Waals surface area contributed by atoms with Gasteiger partial charge in [-0.05, 0) is 23.6 Å². The number of carbonyl (C=O) groups excluding carboxylic acids is 2. The van der Waals surface area contributed by atoms with Crippen LogP contribution in [0.25, 0.3) is 0 Å². The van der Waals surface area contributed by atoms with Gasteiger partial charge < -0.3 is 10.2 Å². The van der Waals surface area contributed by atoms with Crippen LogP contribution >= 0.6 is 0 Å². The number of nitrogens with zero attached hydrogens (tertiary/aromatic N) is 3. The first-order valence-corrected chi connectivity index (χ1v) is 9.00. The van der Waals surface area contributed by atoms with Crippen LogP contribution in [-0.2, 0) is 17.8 Å². The average molecular weight is 350 g/mol. The summed E-state index contributed by atoms with van der Waals surface area (Å²) in [5, 5.41) is 3.00. The minimum absolute atomic E-state index is 0.0936. The minimum Gasteiger partial charge on any atom is -0.338 e. The standard InChI is InChI=1S/C20H22N4O2/c25-19-10-16(14-23(19)13-15-4-2-1-3-5-15)11-22-20(26)24-9-7-17-12-21-8-6-18(17)24/h1-6,8,12,16H,7,9-11,13-14H2,(H,22,26). The molecule has 3 amide bonds. The lowest BCUT2D eigenvalue weighted by atomic mass is 10.1. The third-order valence-electron chi connectivity index (χ3n) is 5.07. The summed E-state index contributed by atoms with van der Waals surface area (Å²) in [6.07, 6.45) is 4.86. The van der Waals surface area contributed by atoms with E-state index < -0.39 is 0 Å². The van der Waals surface area contributed by atoms with Crippen molar-refractivity contribution in [2.75, 3.05) is 24.5 Å². The summed E-state index contributed by atoms with van der Waals surface area (Å²) in [5.74, 6) is 0.320. The van der Waals surface area contributed by atoms with E-state index >= 15 is 0 Å². The second-order valence-corrected chi connectivity index (χ2v) is 6.92. The van der Waals surface area contributed by atoms with Crippen LogP contribution in [0, 0.1) is 5.92 Å². The number of nitrogens with one attached hydrogen (secondary N) is 1. The molecule has 1 saturated heterocycles. The molecule has 2 aliphatic heterocycles. The minimum atomic E-state index is -0.0936. The fourth-order valence-electron chi connectivity index (χ4n) is 3.71. The Kier molecular flexibility index (Phi) is 4.56. The molecule has 2 aromatic rings. The number of aromatic nitrogens is 1. The molecular weight excluding hydrogens is 328 g/mol. The van der Waals surface area contributed by atoms with Crippen molar-refractivity contribution >= 4 is 17.6 Å². The highest BCUT2D eigenvalue weighted by atomic mass is 16.2. The van der Waals surface area contributed by atoms with Gasteiger partial charge in [-0.2, -0.15) is 0 Å². The molecule has 1 unspecified atom stereocenters. The average Bonchev–Trinajstić information content (AvgIpc) is 3.24. The van der Waals surface area contributed by atoms with Gasteiger partial charge in [-0.25, -0.2) is 4.79 Å². The second kappa shape index (κ2) is 7.15. The molecule has 3 heterocycles. The first-order chi connectivity index (χ1) is 12.7. The highest BCUT2D eigenvalue weighted by Gasteiger charge is 2.31. The van der Waals surface area contributed by atoms with Gasteiger partial charge in [0.25, 0.3) is 0 Å². The molecule has 0 aliphatic carbocycles. The van der Waals surface area contributed by atoms with Crippen molar-refractivity contribution in [2.24, 2.45) is 5.92 Å². The molecule has 6 nitrogen and oxygen atoms in total. The Morgan fingerprint density at radius 3 is 2.92 bits per heavy atom. The van der Waals surface area contributed by atoms with Crippen molar-refractivity contribution in [1.29, 1.82) is 0 Å². The zero-order valence-corrected chi connectivity index (χ0v) is 14.6. The van der Waals surface area contributed by atoms with Crippen LogP contribution in [-0.4, -0.2) is 41.5 Å². The van der Waals surface area contributed by atoms with E-state index in [9.17, 15) is 9.59 Å². The molecule has 1 N–H and O–H groups in total. The van der Waals surface area contributed by atoms with Crippen LogP contribution in [0.2, 0.25) is 0 Å². The van der Waals surface area contributed by atoms with Gasteiger partial charge in [-0.1, -0.05) is 30.3 Å². The van der Waals surface area contributed by atoms with Gasteiger partial charge >= 0.3 is 6.03 Å². The molecule has 1 aromatic heterocycles. The van der Waals surface area contributed by atoms with Gasteiger partial charge in [-0.3, -0.25) is 14.7 Å². The first kappa shape index (κ1) is 16.6. The smallest absolute Gasteiger partial charge is 0.321 e. The number of hydrogen-bond donors (Lipinski definition) is 1. The predicted octanol–water partition coefficient (Wildman–Crippen LogP) is 2.20. The Morgan fingerprint density at radius 1 is 1.23 bits per heavy atom. The van der Waals surface area contributed by atoms with E-state index in [1.165, 1.54) is 0 Å². The molecule has 1 fully saturated rings. The Labute approximate surface area is 152 Å². The largest absolute Gasteiger partial charge is 0.338 e. The number of urea groups is 1. The van der Waals surface area contributed by atoms with E-state index in [2.05, 4.69) is 10.3 Å². The SMILES string of the molecule is O=C1CC(CNC(=O)N2CCc3cnccc32)CN1Cc1ccccc1. The Bertz CT molecular complexity index is 808. The van der Waals surface area contributed by atoms with Crippen molar-refractivity contribution in [3.63, 3.8) is 0 Å². The van der Waals surface area contributed by atoms with E-state index in [-0.39, 0.29) is 17.9 Å².